The number of ether oxygens (including phenoxy) is 2. The number of fused-ring (bicyclic) bond motifs is 3. The van der Waals surface area contributed by atoms with Gasteiger partial charge in [-0.3, -0.25) is 4.90 Å². The smallest absolute Gasteiger partial charge is 0.343 e. The van der Waals surface area contributed by atoms with E-state index < -0.39 is 17.1 Å². The zero-order valence-corrected chi connectivity index (χ0v) is 39.4. The van der Waals surface area contributed by atoms with E-state index in [9.17, 15) is 15.0 Å². The predicted molar refractivity (Wildman–Crippen MR) is 247 cm³/mol. The van der Waals surface area contributed by atoms with Crippen molar-refractivity contribution in [2.24, 2.45) is 28.6 Å². The van der Waals surface area contributed by atoms with Gasteiger partial charge in [-0.05, 0) is 118 Å². The van der Waals surface area contributed by atoms with Crippen molar-refractivity contribution in [3.63, 3.8) is 0 Å². The quantitative estimate of drug-likeness (QED) is 0.0559. The van der Waals surface area contributed by atoms with E-state index in [4.69, 9.17) is 9.47 Å². The lowest BCUT2D eigenvalue weighted by Crippen LogP contribution is -2.65. The van der Waals surface area contributed by atoms with Crippen molar-refractivity contribution < 1.29 is 24.5 Å². The molecule has 2 saturated carbocycles. The van der Waals surface area contributed by atoms with Gasteiger partial charge in [0, 0.05) is 35.5 Å². The fourth-order valence-electron chi connectivity index (χ4n) is 12.4. The summed E-state index contributed by atoms with van der Waals surface area (Å²) in [5, 5.41) is 23.7. The van der Waals surface area contributed by atoms with Crippen LogP contribution in [0.25, 0.3) is 0 Å². The van der Waals surface area contributed by atoms with Gasteiger partial charge in [0.1, 0.15) is 0 Å². The van der Waals surface area contributed by atoms with Crippen molar-refractivity contribution in [2.75, 3.05) is 20.2 Å². The van der Waals surface area contributed by atoms with Crippen molar-refractivity contribution in [1.29, 1.82) is 0 Å². The molecule has 6 nitrogen and oxygen atoms in total. The van der Waals surface area contributed by atoms with Crippen molar-refractivity contribution in [3.05, 3.63) is 58.7 Å². The summed E-state index contributed by atoms with van der Waals surface area (Å²) >= 11 is 0. The van der Waals surface area contributed by atoms with Gasteiger partial charge < -0.3 is 19.7 Å². The van der Waals surface area contributed by atoms with Crippen molar-refractivity contribution in [1.82, 2.24) is 4.90 Å². The van der Waals surface area contributed by atoms with E-state index in [0.29, 0.717) is 35.9 Å². The van der Waals surface area contributed by atoms with Crippen LogP contribution in [0.1, 0.15) is 204 Å². The number of rotatable bonds is 26. The van der Waals surface area contributed by atoms with Crippen LogP contribution >= 0.6 is 0 Å². The number of likely N-dealkylation sites (tertiary alicyclic amines) is 1. The minimum absolute atomic E-state index is 0.0612. The zero-order valence-electron chi connectivity index (χ0n) is 39.4. The van der Waals surface area contributed by atoms with Gasteiger partial charge in [-0.25, -0.2) is 4.79 Å². The maximum atomic E-state index is 13.8. The number of benzene rings is 2. The van der Waals surface area contributed by atoms with E-state index in [1.807, 2.05) is 32.0 Å². The van der Waals surface area contributed by atoms with E-state index in [-0.39, 0.29) is 28.6 Å². The molecule has 2 bridgehead atoms. The third-order valence-corrected chi connectivity index (χ3v) is 15.9. The van der Waals surface area contributed by atoms with Crippen LogP contribution in [0.3, 0.4) is 0 Å². The van der Waals surface area contributed by atoms with Gasteiger partial charge in [0.25, 0.3) is 0 Å². The lowest BCUT2D eigenvalue weighted by atomic mass is 9.59. The van der Waals surface area contributed by atoms with E-state index in [1.54, 1.807) is 7.11 Å². The standard InChI is InChI=1S/C54H85NO5/c1-9-10-11-12-13-14-15-16-17-18-19-20-21-22-23-24-41-27-29-43(30-28-41)50(57)60-46-32-31-44-34-53-37-54(33-39(2)56,47(44)48(46)59-8)45(35-52(7,58)40(3)51(4,5)6)49(53)55(38-53)36-42-25-26-42/h27-32,39-40,42,45,49,56,58H,9-26,33-38H2,1-8H3. The Balaban J connectivity index is 1.09. The number of aliphatic hydroxyl groups is 2. The molecular formula is C54H85NO5. The molecule has 3 aliphatic carbocycles. The van der Waals surface area contributed by atoms with Crippen molar-refractivity contribution in [3.8, 4) is 11.5 Å². The molecule has 2 aromatic carbocycles. The number of nitrogens with zero attached hydrogens (tertiary/aromatic N) is 1. The van der Waals surface area contributed by atoms with Crippen LogP contribution in [-0.4, -0.2) is 59.0 Å². The summed E-state index contributed by atoms with van der Waals surface area (Å²) in [6.45, 7) is 17.3. The molecule has 60 heavy (non-hydrogen) atoms. The zero-order chi connectivity index (χ0) is 43.1. The van der Waals surface area contributed by atoms with Crippen molar-refractivity contribution >= 4 is 5.97 Å². The molecule has 1 heterocycles. The van der Waals surface area contributed by atoms with Gasteiger partial charge in [-0.1, -0.05) is 143 Å². The first-order chi connectivity index (χ1) is 28.6. The normalized spacial score (nSPS) is 25.5. The van der Waals surface area contributed by atoms with Gasteiger partial charge in [0.2, 0.25) is 0 Å². The van der Waals surface area contributed by atoms with Crippen LogP contribution in [0.5, 0.6) is 11.5 Å². The highest BCUT2D eigenvalue weighted by atomic mass is 16.6. The third-order valence-electron chi connectivity index (χ3n) is 15.9. The second-order valence-electron chi connectivity index (χ2n) is 21.9. The minimum atomic E-state index is -0.913. The fourth-order valence-corrected chi connectivity index (χ4v) is 12.4. The van der Waals surface area contributed by atoms with E-state index in [2.05, 4.69) is 57.7 Å². The van der Waals surface area contributed by atoms with Gasteiger partial charge in [0.15, 0.2) is 11.5 Å². The molecule has 4 aliphatic rings. The molecule has 3 fully saturated rings. The van der Waals surface area contributed by atoms with Crippen molar-refractivity contribution in [2.45, 2.75) is 213 Å². The molecule has 6 rings (SSSR count). The topological polar surface area (TPSA) is 79.2 Å². The van der Waals surface area contributed by atoms with E-state index in [0.717, 1.165) is 43.8 Å². The Morgan fingerprint density at radius 2 is 1.43 bits per heavy atom. The molecule has 0 radical (unpaired) electrons. The molecule has 6 heteroatoms. The summed E-state index contributed by atoms with van der Waals surface area (Å²) in [7, 11) is 1.69. The summed E-state index contributed by atoms with van der Waals surface area (Å²) < 4.78 is 12.6. The highest BCUT2D eigenvalue weighted by Gasteiger charge is 2.72. The Kier molecular flexibility index (Phi) is 16.0. The average Bonchev–Trinajstić information content (AvgIpc) is 4.00. The highest BCUT2D eigenvalue weighted by Crippen LogP contribution is 2.71. The molecule has 0 amide bonds. The average molecular weight is 828 g/mol. The predicted octanol–water partition coefficient (Wildman–Crippen LogP) is 12.8. The Bertz CT molecular complexity index is 1670. The Labute approximate surface area is 366 Å². The Morgan fingerprint density at radius 3 is 1.97 bits per heavy atom. The molecule has 1 aliphatic heterocycles. The second kappa shape index (κ2) is 20.4. The molecule has 2 N–H and O–H groups in total. The van der Waals surface area contributed by atoms with Gasteiger partial charge in [-0.15, -0.1) is 0 Å². The number of unbranched alkanes of at least 4 members (excludes halogenated alkanes) is 14. The molecule has 1 saturated heterocycles. The number of aryl methyl sites for hydroxylation is 1. The summed E-state index contributed by atoms with van der Waals surface area (Å²) in [6.07, 6.45) is 26.7. The number of hydrogen-bond acceptors (Lipinski definition) is 6. The molecule has 2 aromatic rings. The molecule has 7 unspecified atom stereocenters. The van der Waals surface area contributed by atoms with Crippen LogP contribution in [0, 0.1) is 28.6 Å². The summed E-state index contributed by atoms with van der Waals surface area (Å²) in [5.41, 5.74) is 2.80. The van der Waals surface area contributed by atoms with E-state index in [1.165, 1.54) is 120 Å². The minimum Gasteiger partial charge on any atom is -0.493 e. The van der Waals surface area contributed by atoms with Gasteiger partial charge in [0.05, 0.1) is 24.4 Å². The number of hydrogen-bond donors (Lipinski definition) is 2. The first-order valence-corrected chi connectivity index (χ1v) is 24.8. The summed E-state index contributed by atoms with van der Waals surface area (Å²) in [6, 6.07) is 12.4. The first-order valence-electron chi connectivity index (χ1n) is 24.8. The SMILES string of the molecule is CCCCCCCCCCCCCCCCCc1ccc(C(=O)Oc2ccc3c(c2OC)C2(CC(C)O)CC4(C3)CN(CC3CC3)C4C2CC(C)(O)C(C)C(C)(C)C)cc1. The van der Waals surface area contributed by atoms with Crippen LogP contribution in [-0.2, 0) is 18.3 Å². The first kappa shape index (κ1) is 47.1. The van der Waals surface area contributed by atoms with Crippen LogP contribution in [0.4, 0.5) is 0 Å². The van der Waals surface area contributed by atoms with E-state index >= 15 is 0 Å². The Morgan fingerprint density at radius 1 is 0.850 bits per heavy atom. The number of methoxy groups -OCH3 is 1. The molecule has 0 aromatic heterocycles. The van der Waals surface area contributed by atoms with Gasteiger partial charge in [-0.2, -0.15) is 0 Å². The van der Waals surface area contributed by atoms with Gasteiger partial charge >= 0.3 is 5.97 Å². The maximum Gasteiger partial charge on any atom is 0.343 e. The molecule has 336 valence electrons. The lowest BCUT2D eigenvalue weighted by Gasteiger charge is -2.57. The fraction of sp³-hybridized carbons (Fsp3) is 0.759. The molecule has 1 spiro atoms. The number of aliphatic hydroxyl groups excluding tert-OH is 1. The number of esters is 1. The number of carbonyl (C=O) groups excluding carboxylic acids is 1. The number of carbonyl (C=O) groups is 1. The monoisotopic (exact) mass is 828 g/mol. The largest absolute Gasteiger partial charge is 0.493 e. The van der Waals surface area contributed by atoms with Crippen LogP contribution in [0.15, 0.2) is 36.4 Å². The van der Waals surface area contributed by atoms with Crippen LogP contribution in [0.2, 0.25) is 0 Å². The molecular weight excluding hydrogens is 743 g/mol. The second-order valence-corrected chi connectivity index (χ2v) is 21.9. The summed E-state index contributed by atoms with van der Waals surface area (Å²) in [4.78, 5) is 16.5. The molecule has 7 atom stereocenters. The third kappa shape index (κ3) is 11.0. The van der Waals surface area contributed by atoms with Crippen LogP contribution < -0.4 is 9.47 Å². The maximum absolute atomic E-state index is 13.8. The summed E-state index contributed by atoms with van der Waals surface area (Å²) in [5.74, 6) is 1.61. The highest BCUT2D eigenvalue weighted by molar-refractivity contribution is 5.91. The Hall–Kier alpha value is -2.41. The lowest BCUT2D eigenvalue weighted by molar-refractivity contribution is -0.104.